The fourth-order valence-electron chi connectivity index (χ4n) is 4.07. The Kier molecular flexibility index (Phi) is 7.55. The first kappa shape index (κ1) is 25.6. The number of hydrogen-bond acceptors (Lipinski definition) is 5. The topological polar surface area (TPSA) is 115 Å². The summed E-state index contributed by atoms with van der Waals surface area (Å²) in [6.07, 6.45) is 1.98. The molecule has 0 spiro atoms. The summed E-state index contributed by atoms with van der Waals surface area (Å²) in [5.41, 5.74) is 1.77. The Morgan fingerprint density at radius 2 is 1.97 bits per heavy atom. The van der Waals surface area contributed by atoms with Crippen LogP contribution in [0.3, 0.4) is 0 Å². The summed E-state index contributed by atoms with van der Waals surface area (Å²) in [5.74, 6) is -2.85. The number of fused-ring (bicyclic) bond motifs is 1. The molecule has 11 heteroatoms. The summed E-state index contributed by atoms with van der Waals surface area (Å²) in [4.78, 5) is 16.0. The smallest absolute Gasteiger partial charge is 0.405 e. The molecule has 1 aliphatic rings. The van der Waals surface area contributed by atoms with Gasteiger partial charge >= 0.3 is 6.09 Å². The van der Waals surface area contributed by atoms with Crippen molar-refractivity contribution in [2.45, 2.75) is 83.1 Å². The van der Waals surface area contributed by atoms with Gasteiger partial charge in [-0.2, -0.15) is 5.10 Å². The van der Waals surface area contributed by atoms with Crippen molar-refractivity contribution in [3.05, 3.63) is 29.7 Å². The predicted octanol–water partition coefficient (Wildman–Crippen LogP) is 4.61. The van der Waals surface area contributed by atoms with Crippen molar-refractivity contribution < 1.29 is 23.2 Å². The van der Waals surface area contributed by atoms with Crippen molar-refractivity contribution in [3.8, 4) is 0 Å². The number of amides is 1. The Labute approximate surface area is 195 Å². The molecule has 0 radical (unpaired) electrons. The lowest BCUT2D eigenvalue weighted by molar-refractivity contribution is -0.0495. The molecular weight excluding hydrogens is 452 g/mol. The zero-order valence-electron chi connectivity index (χ0n) is 19.6. The van der Waals surface area contributed by atoms with Gasteiger partial charge in [0.25, 0.3) is 0 Å². The molecule has 0 saturated heterocycles. The highest BCUT2D eigenvalue weighted by Gasteiger charge is 2.39. The highest BCUT2D eigenvalue weighted by Crippen LogP contribution is 2.41. The van der Waals surface area contributed by atoms with Gasteiger partial charge in [0.1, 0.15) is 4.75 Å². The fourth-order valence-corrected chi connectivity index (χ4v) is 5.07. The molecule has 33 heavy (non-hydrogen) atoms. The van der Waals surface area contributed by atoms with Crippen LogP contribution in [0.25, 0.3) is 5.65 Å². The summed E-state index contributed by atoms with van der Waals surface area (Å²) >= 11 is -1.28. The minimum atomic E-state index is -2.70. The van der Waals surface area contributed by atoms with Gasteiger partial charge in [-0.05, 0) is 57.1 Å². The van der Waals surface area contributed by atoms with Crippen LogP contribution in [0.15, 0.2) is 18.5 Å². The van der Waals surface area contributed by atoms with Crippen molar-refractivity contribution >= 4 is 23.1 Å². The van der Waals surface area contributed by atoms with E-state index in [1.54, 1.807) is 16.9 Å². The van der Waals surface area contributed by atoms with E-state index in [9.17, 15) is 23.2 Å². The van der Waals surface area contributed by atoms with Gasteiger partial charge in [-0.1, -0.05) is 13.8 Å². The molecule has 184 valence electrons. The average molecular weight is 486 g/mol. The van der Waals surface area contributed by atoms with Crippen molar-refractivity contribution in [3.63, 3.8) is 0 Å². The second-order valence-corrected chi connectivity index (χ2v) is 12.1. The highest BCUT2D eigenvalue weighted by atomic mass is 32.2. The Morgan fingerprint density at radius 3 is 2.52 bits per heavy atom. The number of hydrogen-bond donors (Lipinski definition) is 3. The number of nitrogens with zero attached hydrogens (tertiary/aromatic N) is 3. The molecule has 3 unspecified atom stereocenters. The second kappa shape index (κ2) is 9.71. The van der Waals surface area contributed by atoms with E-state index in [2.05, 4.69) is 20.1 Å². The normalized spacial score (nSPS) is 20.0. The first-order chi connectivity index (χ1) is 15.3. The summed E-state index contributed by atoms with van der Waals surface area (Å²) in [7, 11) is 0. The van der Waals surface area contributed by atoms with E-state index in [0.717, 1.165) is 5.56 Å². The van der Waals surface area contributed by atoms with Crippen molar-refractivity contribution in [2.24, 2.45) is 11.8 Å². The van der Waals surface area contributed by atoms with E-state index in [1.165, 1.54) is 0 Å². The van der Waals surface area contributed by atoms with Crippen LogP contribution in [0.4, 0.5) is 13.6 Å². The molecule has 0 bridgehead atoms. The van der Waals surface area contributed by atoms with Crippen LogP contribution in [-0.2, 0) is 11.4 Å². The van der Waals surface area contributed by atoms with Gasteiger partial charge in [0.05, 0.1) is 30.2 Å². The molecule has 1 aliphatic carbocycles. The van der Waals surface area contributed by atoms with Crippen molar-refractivity contribution in [2.75, 3.05) is 0 Å². The lowest BCUT2D eigenvalue weighted by Crippen LogP contribution is -2.42. The molecule has 0 aliphatic heterocycles. The number of carbonyl (C=O) groups is 1. The minimum Gasteiger partial charge on any atom is -0.598 e. The average Bonchev–Trinajstić information content (AvgIpc) is 3.12. The summed E-state index contributed by atoms with van der Waals surface area (Å²) in [5, 5.41) is 16.2. The number of imidazole rings is 1. The number of alkyl halides is 2. The van der Waals surface area contributed by atoms with Crippen LogP contribution >= 0.6 is 0 Å². The Bertz CT molecular complexity index is 969. The Morgan fingerprint density at radius 1 is 1.33 bits per heavy atom. The number of rotatable bonds is 7. The molecule has 1 saturated carbocycles. The maximum absolute atomic E-state index is 13.6. The van der Waals surface area contributed by atoms with Crippen molar-refractivity contribution in [1.29, 1.82) is 0 Å². The maximum atomic E-state index is 13.6. The lowest BCUT2D eigenvalue weighted by atomic mass is 9.81. The maximum Gasteiger partial charge on any atom is 0.405 e. The zero-order valence-corrected chi connectivity index (χ0v) is 20.5. The van der Waals surface area contributed by atoms with Gasteiger partial charge in [0.15, 0.2) is 5.65 Å². The summed E-state index contributed by atoms with van der Waals surface area (Å²) in [6.45, 7) is 9.72. The molecule has 2 heterocycles. The first-order valence-electron chi connectivity index (χ1n) is 11.2. The Hall–Kier alpha value is -1.98. The van der Waals surface area contributed by atoms with Crippen LogP contribution < -0.4 is 10.0 Å². The van der Waals surface area contributed by atoms with Gasteiger partial charge in [0.2, 0.25) is 5.92 Å². The van der Waals surface area contributed by atoms with Gasteiger partial charge in [0, 0.05) is 24.2 Å². The van der Waals surface area contributed by atoms with Gasteiger partial charge in [-0.25, -0.2) is 23.1 Å². The van der Waals surface area contributed by atoms with Crippen LogP contribution in [0.5, 0.6) is 0 Å². The molecule has 2 aromatic heterocycles. The molecule has 3 N–H and O–H groups in total. The second-order valence-electron chi connectivity index (χ2n) is 10.1. The molecule has 1 fully saturated rings. The monoisotopic (exact) mass is 485 g/mol. The highest BCUT2D eigenvalue weighted by molar-refractivity contribution is 7.90. The summed E-state index contributed by atoms with van der Waals surface area (Å²) < 4.78 is 44.2. The van der Waals surface area contributed by atoms with E-state index in [1.807, 2.05) is 40.7 Å². The van der Waals surface area contributed by atoms with Crippen molar-refractivity contribution in [1.82, 2.24) is 24.6 Å². The van der Waals surface area contributed by atoms with Crippen LogP contribution in [0, 0.1) is 11.8 Å². The van der Waals surface area contributed by atoms with E-state index in [0.29, 0.717) is 11.3 Å². The van der Waals surface area contributed by atoms with E-state index >= 15 is 0 Å². The SMILES string of the molecule is CC(C)C(N[S+]([O-])C(C)(C)C)c1cnn2cc(C(NC(=O)O)C3CCC(F)(F)CC3)nc2c1. The molecule has 3 atom stereocenters. The fraction of sp³-hybridized carbons (Fsp3) is 0.682. The van der Waals surface area contributed by atoms with Crippen LogP contribution in [-0.4, -0.2) is 41.0 Å². The molecule has 3 rings (SSSR count). The van der Waals surface area contributed by atoms with Crippen LogP contribution in [0.1, 0.15) is 83.6 Å². The van der Waals surface area contributed by atoms with Gasteiger partial charge < -0.3 is 15.0 Å². The number of aromatic nitrogens is 3. The third-order valence-electron chi connectivity index (χ3n) is 6.01. The minimum absolute atomic E-state index is 0.125. The quantitative estimate of drug-likeness (QED) is 0.493. The number of halogens is 2. The Balaban J connectivity index is 1.89. The van der Waals surface area contributed by atoms with Gasteiger partial charge in [-0.15, -0.1) is 4.72 Å². The van der Waals surface area contributed by atoms with E-state index in [4.69, 9.17) is 0 Å². The molecule has 8 nitrogen and oxygen atoms in total. The third-order valence-corrected chi connectivity index (χ3v) is 7.59. The standard InChI is InChI=1S/C22H33F2N5O3S/c1-13(2)18(28-33(32)21(3,4)5)15-10-17-26-16(12-29(17)25-11-15)19(27-20(30)31)14-6-8-22(23,24)9-7-14/h10-14,18-19,27-28H,6-9H2,1-5H3,(H,30,31). The largest absolute Gasteiger partial charge is 0.598 e. The van der Waals surface area contributed by atoms with Gasteiger partial charge in [-0.3, -0.25) is 0 Å². The van der Waals surface area contributed by atoms with E-state index in [-0.39, 0.29) is 43.6 Å². The zero-order chi connectivity index (χ0) is 24.6. The molecule has 2 aromatic rings. The number of carboxylic acid groups (broad SMARTS) is 1. The molecule has 0 aromatic carbocycles. The van der Waals surface area contributed by atoms with E-state index < -0.39 is 34.2 Å². The van der Waals surface area contributed by atoms with Crippen LogP contribution in [0.2, 0.25) is 0 Å². The first-order valence-corrected chi connectivity index (χ1v) is 12.3. The molecular formula is C22H33F2N5O3S. The predicted molar refractivity (Wildman–Crippen MR) is 122 cm³/mol. The molecule has 1 amide bonds. The lowest BCUT2D eigenvalue weighted by Gasteiger charge is -2.32. The summed E-state index contributed by atoms with van der Waals surface area (Å²) in [6, 6.07) is 0.910. The number of nitrogens with one attached hydrogen (secondary N) is 2. The third kappa shape index (κ3) is 6.33.